The summed E-state index contributed by atoms with van der Waals surface area (Å²) in [7, 11) is 0. The molecule has 0 bridgehead atoms. The van der Waals surface area contributed by atoms with E-state index >= 15 is 0 Å². The highest BCUT2D eigenvalue weighted by Crippen LogP contribution is 2.36. The van der Waals surface area contributed by atoms with Crippen molar-refractivity contribution in [3.8, 4) is 11.8 Å². The molecule has 4 rings (SSSR count). The Hall–Kier alpha value is -4.17. The molecular weight excluding hydrogens is 558 g/mol. The summed E-state index contributed by atoms with van der Waals surface area (Å²) in [6.07, 6.45) is -0.0537. The number of carbonyl (C=O) groups excluding carboxylic acids is 3. The van der Waals surface area contributed by atoms with E-state index in [-0.39, 0.29) is 31.8 Å². The van der Waals surface area contributed by atoms with Gasteiger partial charge in [-0.25, -0.2) is 9.78 Å². The molecule has 1 aliphatic heterocycles. The van der Waals surface area contributed by atoms with Crippen molar-refractivity contribution in [2.24, 2.45) is 0 Å². The Morgan fingerprint density at radius 3 is 2.31 bits per heavy atom. The van der Waals surface area contributed by atoms with E-state index in [4.69, 9.17) is 18.9 Å². The van der Waals surface area contributed by atoms with Gasteiger partial charge >= 0.3 is 18.0 Å². The molecule has 1 aromatic heterocycles. The highest BCUT2D eigenvalue weighted by Gasteiger charge is 2.51. The molecule has 42 heavy (non-hydrogen) atoms. The van der Waals surface area contributed by atoms with Crippen LogP contribution < -0.4 is 4.74 Å². The smallest absolute Gasteiger partial charge is 0.410 e. The molecule has 0 saturated carbocycles. The average Bonchev–Trinajstić information content (AvgIpc) is 3.57. The van der Waals surface area contributed by atoms with E-state index < -0.39 is 23.0 Å². The van der Waals surface area contributed by atoms with Crippen molar-refractivity contribution in [3.63, 3.8) is 0 Å². The Morgan fingerprint density at radius 1 is 1.05 bits per heavy atom. The van der Waals surface area contributed by atoms with Crippen LogP contribution in [0.3, 0.4) is 0 Å². The second-order valence-electron chi connectivity index (χ2n) is 10.9. The Labute approximate surface area is 249 Å². The van der Waals surface area contributed by atoms with Gasteiger partial charge in [-0.15, -0.1) is 11.3 Å². The summed E-state index contributed by atoms with van der Waals surface area (Å²) in [5, 5.41) is 9.79. The molecule has 11 heteroatoms. The lowest BCUT2D eigenvalue weighted by Crippen LogP contribution is -2.48. The third-order valence-electron chi connectivity index (χ3n) is 6.67. The molecule has 1 aliphatic rings. The van der Waals surface area contributed by atoms with Crippen molar-refractivity contribution in [2.45, 2.75) is 64.6 Å². The minimum atomic E-state index is -1.81. The summed E-state index contributed by atoms with van der Waals surface area (Å²) in [6.45, 7) is 9.87. The Bertz CT molecular complexity index is 1470. The first-order valence-corrected chi connectivity index (χ1v) is 14.7. The first kappa shape index (κ1) is 30.8. The number of amides is 1. The standard InChI is InChI=1S/C31H35N3O7S/c1-6-38-27(35)31(28(36)39-7-2,17-26-33-24-13-8-20(18-32)16-25(24)42-26)21-9-11-22(12-10-21)40-23-14-15-34(19-23)29(37)41-30(3,4)5/h8-13,16,23H,6-7,14-15,17,19H2,1-5H3/t23-/m0/s1. The third-order valence-corrected chi connectivity index (χ3v) is 7.69. The highest BCUT2D eigenvalue weighted by atomic mass is 32.1. The SMILES string of the molecule is CCOC(=O)C(Cc1nc2ccc(C#N)cc2s1)(C(=O)OCC)c1ccc(O[C@H]2CCN(C(=O)OC(C)(C)C)C2)cc1. The topological polar surface area (TPSA) is 128 Å². The summed E-state index contributed by atoms with van der Waals surface area (Å²) in [5.41, 5.74) is -0.855. The number of benzene rings is 2. The van der Waals surface area contributed by atoms with Crippen molar-refractivity contribution in [2.75, 3.05) is 26.3 Å². The molecule has 0 unspecified atom stereocenters. The van der Waals surface area contributed by atoms with Crippen LogP contribution in [-0.2, 0) is 35.6 Å². The first-order chi connectivity index (χ1) is 20.0. The number of aromatic nitrogens is 1. The summed E-state index contributed by atoms with van der Waals surface area (Å²) < 4.78 is 23.2. The van der Waals surface area contributed by atoms with Crippen LogP contribution in [0.4, 0.5) is 4.79 Å². The van der Waals surface area contributed by atoms with Gasteiger partial charge in [-0.05, 0) is 70.5 Å². The number of likely N-dealkylation sites (tertiary alicyclic amines) is 1. The van der Waals surface area contributed by atoms with E-state index in [1.54, 1.807) is 61.2 Å². The lowest BCUT2D eigenvalue weighted by atomic mass is 9.77. The minimum Gasteiger partial charge on any atom is -0.489 e. The molecule has 0 N–H and O–H groups in total. The van der Waals surface area contributed by atoms with Crippen LogP contribution in [0.2, 0.25) is 0 Å². The highest BCUT2D eigenvalue weighted by molar-refractivity contribution is 7.18. The van der Waals surface area contributed by atoms with E-state index in [0.29, 0.717) is 46.9 Å². The summed E-state index contributed by atoms with van der Waals surface area (Å²) in [6, 6.07) is 13.9. The summed E-state index contributed by atoms with van der Waals surface area (Å²) >= 11 is 1.30. The number of hydrogen-bond donors (Lipinski definition) is 0. The minimum absolute atomic E-state index is 0.0718. The molecule has 222 valence electrons. The zero-order chi connectivity index (χ0) is 30.5. The van der Waals surface area contributed by atoms with Gasteiger partial charge < -0.3 is 23.8 Å². The van der Waals surface area contributed by atoms with E-state index in [1.807, 2.05) is 20.8 Å². The molecule has 0 spiro atoms. The van der Waals surface area contributed by atoms with E-state index in [2.05, 4.69) is 11.1 Å². The van der Waals surface area contributed by atoms with Gasteiger partial charge in [0, 0.05) is 19.4 Å². The Morgan fingerprint density at radius 2 is 1.71 bits per heavy atom. The van der Waals surface area contributed by atoms with Crippen LogP contribution in [-0.4, -0.2) is 65.9 Å². The van der Waals surface area contributed by atoms with Gasteiger partial charge in [0.25, 0.3) is 0 Å². The number of nitrogens with zero attached hydrogens (tertiary/aromatic N) is 3. The van der Waals surface area contributed by atoms with Crippen molar-refractivity contribution >= 4 is 39.6 Å². The average molecular weight is 594 g/mol. The van der Waals surface area contributed by atoms with E-state index in [0.717, 1.165) is 4.70 Å². The number of ether oxygens (including phenoxy) is 4. The van der Waals surface area contributed by atoms with Crippen LogP contribution in [0.1, 0.15) is 57.2 Å². The number of fused-ring (bicyclic) bond motifs is 1. The van der Waals surface area contributed by atoms with E-state index in [1.165, 1.54) is 11.3 Å². The van der Waals surface area contributed by atoms with Crippen LogP contribution in [0, 0.1) is 11.3 Å². The lowest BCUT2D eigenvalue weighted by Gasteiger charge is -2.29. The molecule has 1 atom stereocenters. The Kier molecular flexibility index (Phi) is 9.36. The Balaban J connectivity index is 1.61. The molecule has 2 aromatic carbocycles. The molecule has 1 fully saturated rings. The quantitative estimate of drug-likeness (QED) is 0.188. The molecule has 10 nitrogen and oxygen atoms in total. The third kappa shape index (κ3) is 6.82. The maximum Gasteiger partial charge on any atom is 0.410 e. The van der Waals surface area contributed by atoms with Gasteiger partial charge in [0.15, 0.2) is 5.41 Å². The normalized spacial score (nSPS) is 15.2. The predicted molar refractivity (Wildman–Crippen MR) is 156 cm³/mol. The van der Waals surface area contributed by atoms with Gasteiger partial charge in [-0.3, -0.25) is 9.59 Å². The number of nitriles is 1. The molecule has 0 aliphatic carbocycles. The van der Waals surface area contributed by atoms with Crippen LogP contribution in [0.5, 0.6) is 5.75 Å². The fraction of sp³-hybridized carbons (Fsp3) is 0.452. The number of rotatable bonds is 9. The van der Waals surface area contributed by atoms with E-state index in [9.17, 15) is 19.6 Å². The van der Waals surface area contributed by atoms with Crippen molar-refractivity contribution in [1.82, 2.24) is 9.88 Å². The zero-order valence-corrected chi connectivity index (χ0v) is 25.3. The molecule has 1 amide bonds. The summed E-state index contributed by atoms with van der Waals surface area (Å²) in [5.74, 6) is -0.948. The largest absolute Gasteiger partial charge is 0.489 e. The van der Waals surface area contributed by atoms with Crippen LogP contribution in [0.15, 0.2) is 42.5 Å². The fourth-order valence-corrected chi connectivity index (χ4v) is 5.84. The van der Waals surface area contributed by atoms with Gasteiger partial charge in [0.2, 0.25) is 0 Å². The molecule has 1 saturated heterocycles. The second-order valence-corrected chi connectivity index (χ2v) is 12.0. The monoisotopic (exact) mass is 593 g/mol. The van der Waals surface area contributed by atoms with Gasteiger partial charge in [0.05, 0.1) is 46.6 Å². The maximum atomic E-state index is 13.6. The summed E-state index contributed by atoms with van der Waals surface area (Å²) in [4.78, 5) is 45.9. The van der Waals surface area contributed by atoms with Crippen molar-refractivity contribution in [1.29, 1.82) is 5.26 Å². The number of thiazole rings is 1. The van der Waals surface area contributed by atoms with Gasteiger partial charge in [0.1, 0.15) is 17.5 Å². The molecule has 2 heterocycles. The van der Waals surface area contributed by atoms with Gasteiger partial charge in [-0.2, -0.15) is 5.26 Å². The lowest BCUT2D eigenvalue weighted by molar-refractivity contribution is -0.165. The maximum absolute atomic E-state index is 13.6. The fourth-order valence-electron chi connectivity index (χ4n) is 4.75. The van der Waals surface area contributed by atoms with Crippen molar-refractivity contribution < 1.29 is 33.3 Å². The van der Waals surface area contributed by atoms with Crippen LogP contribution in [0.25, 0.3) is 10.2 Å². The second kappa shape index (κ2) is 12.8. The first-order valence-electron chi connectivity index (χ1n) is 13.9. The number of hydrogen-bond acceptors (Lipinski definition) is 10. The predicted octanol–water partition coefficient (Wildman–Crippen LogP) is 5.16. The number of carbonyl (C=O) groups is 3. The van der Waals surface area contributed by atoms with Crippen molar-refractivity contribution in [3.05, 3.63) is 58.6 Å². The molecular formula is C31H35N3O7S. The number of esters is 2. The molecule has 0 radical (unpaired) electrons. The molecule has 3 aromatic rings. The van der Waals surface area contributed by atoms with Gasteiger partial charge in [-0.1, -0.05) is 12.1 Å². The zero-order valence-electron chi connectivity index (χ0n) is 24.5. The van der Waals surface area contributed by atoms with Crippen LogP contribution >= 0.6 is 11.3 Å².